The normalized spacial score (nSPS) is 10.5. The first-order valence-corrected chi connectivity index (χ1v) is 8.44. The highest BCUT2D eigenvalue weighted by Gasteiger charge is 2.08. The third kappa shape index (κ3) is 5.64. The Labute approximate surface area is 158 Å². The number of carbonyl (C=O) groups excluding carboxylic acids is 1. The minimum Gasteiger partial charge on any atom is -0.493 e. The average Bonchev–Trinajstić information content (AvgIpc) is 2.69. The van der Waals surface area contributed by atoms with Gasteiger partial charge in [0.1, 0.15) is 0 Å². The lowest BCUT2D eigenvalue weighted by Crippen LogP contribution is -2.19. The molecule has 1 N–H and O–H groups in total. The Hall–Kier alpha value is -3.22. The maximum atomic E-state index is 12.1. The zero-order chi connectivity index (χ0) is 19.6. The number of amides is 1. The third-order valence-corrected chi connectivity index (χ3v) is 3.70. The number of nitrogens with zero attached hydrogens (tertiary/aromatic N) is 1. The minimum absolute atomic E-state index is 0.171. The van der Waals surface area contributed by atoms with E-state index in [0.29, 0.717) is 29.6 Å². The summed E-state index contributed by atoms with van der Waals surface area (Å²) >= 11 is 0. The van der Waals surface area contributed by atoms with Crippen molar-refractivity contribution in [3.8, 4) is 23.0 Å². The zero-order valence-electron chi connectivity index (χ0n) is 15.9. The van der Waals surface area contributed by atoms with Gasteiger partial charge in [-0.15, -0.1) is 0 Å². The molecular formula is C20H24N2O5. The van der Waals surface area contributed by atoms with Crippen molar-refractivity contribution in [1.82, 2.24) is 5.43 Å². The third-order valence-electron chi connectivity index (χ3n) is 3.70. The monoisotopic (exact) mass is 372 g/mol. The van der Waals surface area contributed by atoms with Crippen molar-refractivity contribution in [2.75, 3.05) is 27.9 Å². The van der Waals surface area contributed by atoms with Crippen LogP contribution in [0.25, 0.3) is 0 Å². The van der Waals surface area contributed by atoms with Crippen LogP contribution in [0.5, 0.6) is 23.0 Å². The van der Waals surface area contributed by atoms with Crippen LogP contribution in [-0.4, -0.2) is 40.1 Å². The van der Waals surface area contributed by atoms with Gasteiger partial charge < -0.3 is 18.9 Å². The number of nitrogens with one attached hydrogen (secondary N) is 1. The van der Waals surface area contributed by atoms with Crippen molar-refractivity contribution in [3.63, 3.8) is 0 Å². The summed E-state index contributed by atoms with van der Waals surface area (Å²) in [6.45, 7) is 2.46. The van der Waals surface area contributed by atoms with Crippen LogP contribution < -0.4 is 24.4 Å². The van der Waals surface area contributed by atoms with Gasteiger partial charge in [0.05, 0.1) is 40.6 Å². The summed E-state index contributed by atoms with van der Waals surface area (Å²) in [5.41, 5.74) is 4.08. The van der Waals surface area contributed by atoms with Crippen LogP contribution in [-0.2, 0) is 11.2 Å². The van der Waals surface area contributed by atoms with Crippen LogP contribution in [0.2, 0.25) is 0 Å². The second-order valence-electron chi connectivity index (χ2n) is 5.50. The quantitative estimate of drug-likeness (QED) is 0.541. The van der Waals surface area contributed by atoms with E-state index in [1.165, 1.54) is 0 Å². The molecule has 7 nitrogen and oxygen atoms in total. The van der Waals surface area contributed by atoms with Crippen LogP contribution in [0.15, 0.2) is 41.5 Å². The van der Waals surface area contributed by atoms with E-state index in [1.54, 1.807) is 51.8 Å². The largest absolute Gasteiger partial charge is 0.493 e. The van der Waals surface area contributed by atoms with Gasteiger partial charge in [0, 0.05) is 0 Å². The maximum absolute atomic E-state index is 12.1. The predicted octanol–water partition coefficient (Wildman–Crippen LogP) is 2.80. The molecule has 7 heteroatoms. The smallest absolute Gasteiger partial charge is 0.244 e. The lowest BCUT2D eigenvalue weighted by atomic mass is 10.1. The van der Waals surface area contributed by atoms with E-state index in [1.807, 2.05) is 19.1 Å². The van der Waals surface area contributed by atoms with Gasteiger partial charge in [-0.2, -0.15) is 5.10 Å². The SMILES string of the molecule is CCOc1ccc(/C=N\NC(=O)Cc2ccc(OC)c(OC)c2)cc1OC. The van der Waals surface area contributed by atoms with Crippen molar-refractivity contribution in [2.45, 2.75) is 13.3 Å². The molecule has 27 heavy (non-hydrogen) atoms. The molecule has 0 aromatic heterocycles. The van der Waals surface area contributed by atoms with Crippen LogP contribution in [0.3, 0.4) is 0 Å². The topological polar surface area (TPSA) is 78.4 Å². The van der Waals surface area contributed by atoms with Gasteiger partial charge in [0.15, 0.2) is 23.0 Å². The summed E-state index contributed by atoms with van der Waals surface area (Å²) in [5, 5.41) is 3.99. The van der Waals surface area contributed by atoms with Crippen LogP contribution in [0, 0.1) is 0 Å². The molecule has 2 aromatic rings. The molecule has 0 spiro atoms. The van der Waals surface area contributed by atoms with Gasteiger partial charge in [-0.3, -0.25) is 4.79 Å². The highest BCUT2D eigenvalue weighted by molar-refractivity contribution is 5.84. The molecule has 0 bridgehead atoms. The Kier molecular flexibility index (Phi) is 7.49. The first-order valence-electron chi connectivity index (χ1n) is 8.44. The lowest BCUT2D eigenvalue weighted by Gasteiger charge is -2.09. The van der Waals surface area contributed by atoms with Crippen LogP contribution >= 0.6 is 0 Å². The molecule has 2 aromatic carbocycles. The molecule has 0 aliphatic heterocycles. The van der Waals surface area contributed by atoms with Crippen molar-refractivity contribution in [1.29, 1.82) is 0 Å². The molecule has 0 unspecified atom stereocenters. The summed E-state index contributed by atoms with van der Waals surface area (Å²) in [7, 11) is 4.69. The van der Waals surface area contributed by atoms with Gasteiger partial charge in [0.2, 0.25) is 5.91 Å². The molecule has 144 valence electrons. The molecule has 0 aliphatic rings. The predicted molar refractivity (Wildman–Crippen MR) is 103 cm³/mol. The van der Waals surface area contributed by atoms with E-state index in [0.717, 1.165) is 11.1 Å². The second-order valence-corrected chi connectivity index (χ2v) is 5.50. The zero-order valence-corrected chi connectivity index (χ0v) is 15.9. The number of ether oxygens (including phenoxy) is 4. The Balaban J connectivity index is 1.97. The van der Waals surface area contributed by atoms with Crippen molar-refractivity contribution in [3.05, 3.63) is 47.5 Å². The number of hydrogen-bond acceptors (Lipinski definition) is 6. The number of carbonyl (C=O) groups is 1. The summed E-state index contributed by atoms with van der Waals surface area (Å²) in [6.07, 6.45) is 1.72. The number of hydrogen-bond donors (Lipinski definition) is 1. The van der Waals surface area contributed by atoms with Crippen LogP contribution in [0.4, 0.5) is 0 Å². The molecule has 0 saturated heterocycles. The molecule has 0 radical (unpaired) electrons. The molecule has 0 aliphatic carbocycles. The minimum atomic E-state index is -0.239. The molecular weight excluding hydrogens is 348 g/mol. The Bertz CT molecular complexity index is 805. The van der Waals surface area contributed by atoms with E-state index < -0.39 is 0 Å². The highest BCUT2D eigenvalue weighted by atomic mass is 16.5. The van der Waals surface area contributed by atoms with E-state index >= 15 is 0 Å². The second kappa shape index (κ2) is 10.1. The number of methoxy groups -OCH3 is 3. The van der Waals surface area contributed by atoms with E-state index in [9.17, 15) is 4.79 Å². The van der Waals surface area contributed by atoms with Gasteiger partial charge in [-0.1, -0.05) is 6.07 Å². The van der Waals surface area contributed by atoms with Gasteiger partial charge >= 0.3 is 0 Å². The Morgan fingerprint density at radius 3 is 2.30 bits per heavy atom. The number of rotatable bonds is 9. The first-order chi connectivity index (χ1) is 13.1. The van der Waals surface area contributed by atoms with Crippen molar-refractivity contribution < 1.29 is 23.7 Å². The number of hydrazone groups is 1. The highest BCUT2D eigenvalue weighted by Crippen LogP contribution is 2.28. The standard InChI is InChI=1S/C20H24N2O5/c1-5-27-17-9-7-15(11-19(17)26-4)13-21-22-20(23)12-14-6-8-16(24-2)18(10-14)25-3/h6-11,13H,5,12H2,1-4H3,(H,22,23)/b21-13-. The molecule has 0 atom stereocenters. The fourth-order valence-corrected chi connectivity index (χ4v) is 2.43. The average molecular weight is 372 g/mol. The molecule has 2 rings (SSSR count). The number of benzene rings is 2. The van der Waals surface area contributed by atoms with Gasteiger partial charge in [-0.25, -0.2) is 5.43 Å². The van der Waals surface area contributed by atoms with Gasteiger partial charge in [0.25, 0.3) is 0 Å². The molecule has 0 heterocycles. The molecule has 1 amide bonds. The van der Waals surface area contributed by atoms with E-state index in [4.69, 9.17) is 18.9 Å². The fourth-order valence-electron chi connectivity index (χ4n) is 2.43. The van der Waals surface area contributed by atoms with Crippen LogP contribution in [0.1, 0.15) is 18.1 Å². The van der Waals surface area contributed by atoms with Crippen molar-refractivity contribution >= 4 is 12.1 Å². The lowest BCUT2D eigenvalue weighted by molar-refractivity contribution is -0.120. The van der Waals surface area contributed by atoms with Gasteiger partial charge in [-0.05, 0) is 48.4 Å². The first kappa shape index (κ1) is 20.1. The molecule has 0 fully saturated rings. The van der Waals surface area contributed by atoms with E-state index in [-0.39, 0.29) is 12.3 Å². The fraction of sp³-hybridized carbons (Fsp3) is 0.300. The summed E-state index contributed by atoms with van der Waals surface area (Å²) < 4.78 is 21.2. The Morgan fingerprint density at radius 2 is 1.63 bits per heavy atom. The maximum Gasteiger partial charge on any atom is 0.244 e. The summed E-state index contributed by atoms with van der Waals surface area (Å²) in [4.78, 5) is 12.1. The summed E-state index contributed by atoms with van der Waals surface area (Å²) in [6, 6.07) is 10.7. The Morgan fingerprint density at radius 1 is 0.963 bits per heavy atom. The van der Waals surface area contributed by atoms with E-state index in [2.05, 4.69) is 10.5 Å². The summed E-state index contributed by atoms with van der Waals surface area (Å²) in [5.74, 6) is 2.22. The molecule has 0 saturated carbocycles. The van der Waals surface area contributed by atoms with Crippen molar-refractivity contribution in [2.24, 2.45) is 5.10 Å².